The average Bonchev–Trinajstić information content (AvgIpc) is 2.96. The Kier molecular flexibility index (Phi) is 2.33. The molecule has 0 saturated carbocycles. The summed E-state index contributed by atoms with van der Waals surface area (Å²) in [5.74, 6) is -0.593. The number of fused-ring (bicyclic) bond motifs is 1. The van der Waals surface area contributed by atoms with Crippen molar-refractivity contribution in [2.75, 3.05) is 0 Å². The van der Waals surface area contributed by atoms with Crippen LogP contribution < -0.4 is 0 Å². The molecule has 0 aliphatic heterocycles. The van der Waals surface area contributed by atoms with Gasteiger partial charge < -0.3 is 9.52 Å². The highest BCUT2D eigenvalue weighted by atomic mass is 16.4. The van der Waals surface area contributed by atoms with Crippen molar-refractivity contribution in [3.8, 4) is 0 Å². The second-order valence-electron chi connectivity index (χ2n) is 3.77. The van der Waals surface area contributed by atoms with E-state index in [4.69, 9.17) is 9.52 Å². The first-order valence-corrected chi connectivity index (χ1v) is 5.33. The zero-order valence-electron chi connectivity index (χ0n) is 9.28. The highest BCUT2D eigenvalue weighted by Crippen LogP contribution is 2.20. The van der Waals surface area contributed by atoms with Crippen LogP contribution in [0.15, 0.2) is 41.1 Å². The molecule has 6 nitrogen and oxygen atoms in total. The molecule has 0 aliphatic carbocycles. The van der Waals surface area contributed by atoms with Gasteiger partial charge in [-0.2, -0.15) is 5.10 Å². The normalized spacial score (nSPS) is 10.9. The summed E-state index contributed by atoms with van der Waals surface area (Å²) in [6.07, 6.45) is 3.44. The molecular formula is C12H9N3O3. The number of carboxylic acids is 1. The molecule has 0 fully saturated rings. The number of hydrogen-bond acceptors (Lipinski definition) is 4. The molecule has 18 heavy (non-hydrogen) atoms. The van der Waals surface area contributed by atoms with Crippen LogP contribution in [0, 0.1) is 0 Å². The van der Waals surface area contributed by atoms with Crippen LogP contribution in [-0.4, -0.2) is 25.8 Å². The Balaban J connectivity index is 2.05. The second kappa shape index (κ2) is 3.99. The van der Waals surface area contributed by atoms with Crippen molar-refractivity contribution < 1.29 is 14.3 Å². The van der Waals surface area contributed by atoms with Gasteiger partial charge in [0.1, 0.15) is 17.6 Å². The lowest BCUT2D eigenvalue weighted by atomic mass is 10.2. The Morgan fingerprint density at radius 3 is 3.00 bits per heavy atom. The predicted molar refractivity (Wildman–Crippen MR) is 62.3 cm³/mol. The summed E-state index contributed by atoms with van der Waals surface area (Å²) in [6, 6.07) is 6.66. The van der Waals surface area contributed by atoms with Crippen LogP contribution in [0.1, 0.15) is 16.2 Å². The first-order valence-electron chi connectivity index (χ1n) is 5.33. The number of carboxylic acid groups (broad SMARTS) is 1. The number of aromatic nitrogens is 3. The summed E-state index contributed by atoms with van der Waals surface area (Å²) in [5, 5.41) is 13.1. The van der Waals surface area contributed by atoms with Crippen molar-refractivity contribution in [1.29, 1.82) is 0 Å². The Hall–Kier alpha value is -2.63. The maximum atomic E-state index is 11.0. The minimum absolute atomic E-state index is 0.117. The van der Waals surface area contributed by atoms with E-state index >= 15 is 0 Å². The summed E-state index contributed by atoms with van der Waals surface area (Å²) < 4.78 is 7.14. The number of benzene rings is 1. The third-order valence-corrected chi connectivity index (χ3v) is 2.55. The van der Waals surface area contributed by atoms with Crippen molar-refractivity contribution in [3.63, 3.8) is 0 Å². The number of rotatable bonds is 3. The molecule has 0 radical (unpaired) electrons. The highest BCUT2D eigenvalue weighted by Gasteiger charge is 2.14. The van der Waals surface area contributed by atoms with E-state index in [0.717, 1.165) is 0 Å². The van der Waals surface area contributed by atoms with E-state index in [1.807, 2.05) is 0 Å². The fourth-order valence-corrected chi connectivity index (χ4v) is 1.76. The molecule has 3 rings (SSSR count). The van der Waals surface area contributed by atoms with Gasteiger partial charge in [-0.3, -0.25) is 4.68 Å². The molecule has 2 aromatic heterocycles. The molecule has 0 atom stereocenters. The molecule has 90 valence electrons. The SMILES string of the molecule is O=C(O)c1cccc2nc(Cn3cccn3)oc12. The smallest absolute Gasteiger partial charge is 0.339 e. The third-order valence-electron chi connectivity index (χ3n) is 2.55. The van der Waals surface area contributed by atoms with Gasteiger partial charge in [-0.25, -0.2) is 9.78 Å². The van der Waals surface area contributed by atoms with Crippen LogP contribution in [0.5, 0.6) is 0 Å². The quantitative estimate of drug-likeness (QED) is 0.758. The van der Waals surface area contributed by atoms with Gasteiger partial charge in [0.2, 0.25) is 5.89 Å². The molecule has 0 aliphatic rings. The number of hydrogen-bond donors (Lipinski definition) is 1. The zero-order valence-corrected chi connectivity index (χ0v) is 9.28. The van der Waals surface area contributed by atoms with Gasteiger partial charge in [0, 0.05) is 12.4 Å². The third kappa shape index (κ3) is 1.73. The van der Waals surface area contributed by atoms with E-state index < -0.39 is 5.97 Å². The molecule has 0 spiro atoms. The van der Waals surface area contributed by atoms with Crippen molar-refractivity contribution in [2.24, 2.45) is 0 Å². The van der Waals surface area contributed by atoms with Gasteiger partial charge in [0.15, 0.2) is 5.58 Å². The molecule has 1 N–H and O–H groups in total. The number of para-hydroxylation sites is 1. The molecule has 0 bridgehead atoms. The summed E-state index contributed by atoms with van der Waals surface area (Å²) in [4.78, 5) is 15.3. The molecule has 1 aromatic carbocycles. The van der Waals surface area contributed by atoms with E-state index in [1.54, 1.807) is 35.3 Å². The minimum Gasteiger partial charge on any atom is -0.478 e. The van der Waals surface area contributed by atoms with Crippen LogP contribution in [-0.2, 0) is 6.54 Å². The molecule has 3 aromatic rings. The van der Waals surface area contributed by atoms with Crippen molar-refractivity contribution >= 4 is 17.1 Å². The molecule has 0 unspecified atom stereocenters. The summed E-state index contributed by atoms with van der Waals surface area (Å²) in [5.41, 5.74) is 0.955. The zero-order chi connectivity index (χ0) is 12.5. The lowest BCUT2D eigenvalue weighted by molar-refractivity contribution is 0.0698. The maximum Gasteiger partial charge on any atom is 0.339 e. The van der Waals surface area contributed by atoms with Crippen molar-refractivity contribution in [3.05, 3.63) is 48.1 Å². The van der Waals surface area contributed by atoms with Gasteiger partial charge in [-0.1, -0.05) is 6.07 Å². The first kappa shape index (κ1) is 10.5. The standard InChI is InChI=1S/C12H9N3O3/c16-12(17)8-3-1-4-9-11(8)18-10(14-9)7-15-6-2-5-13-15/h1-6H,7H2,(H,16,17). The van der Waals surface area contributed by atoms with Crippen LogP contribution in [0.2, 0.25) is 0 Å². The number of oxazole rings is 1. The van der Waals surface area contributed by atoms with Gasteiger partial charge in [0.25, 0.3) is 0 Å². The van der Waals surface area contributed by atoms with Crippen molar-refractivity contribution in [1.82, 2.24) is 14.8 Å². The lowest BCUT2D eigenvalue weighted by Gasteiger charge is -1.95. The molecule has 0 saturated heterocycles. The van der Waals surface area contributed by atoms with E-state index in [0.29, 0.717) is 23.5 Å². The monoisotopic (exact) mass is 243 g/mol. The van der Waals surface area contributed by atoms with Crippen LogP contribution in [0.25, 0.3) is 11.1 Å². The largest absolute Gasteiger partial charge is 0.478 e. The Labute approximate surface area is 101 Å². The first-order chi connectivity index (χ1) is 8.74. The second-order valence-corrected chi connectivity index (χ2v) is 3.77. The Morgan fingerprint density at radius 1 is 1.39 bits per heavy atom. The average molecular weight is 243 g/mol. The van der Waals surface area contributed by atoms with Crippen LogP contribution >= 0.6 is 0 Å². The van der Waals surface area contributed by atoms with E-state index in [9.17, 15) is 4.79 Å². The van der Waals surface area contributed by atoms with Crippen LogP contribution in [0.4, 0.5) is 0 Å². The van der Waals surface area contributed by atoms with E-state index in [-0.39, 0.29) is 5.56 Å². The highest BCUT2D eigenvalue weighted by molar-refractivity contribution is 5.99. The minimum atomic E-state index is -1.03. The van der Waals surface area contributed by atoms with Gasteiger partial charge in [-0.15, -0.1) is 0 Å². The van der Waals surface area contributed by atoms with Crippen LogP contribution in [0.3, 0.4) is 0 Å². The summed E-state index contributed by atoms with van der Waals surface area (Å²) in [6.45, 7) is 0.376. The lowest BCUT2D eigenvalue weighted by Crippen LogP contribution is -1.99. The number of carbonyl (C=O) groups is 1. The number of aromatic carboxylic acids is 1. The Morgan fingerprint density at radius 2 is 2.28 bits per heavy atom. The molecule has 2 heterocycles. The predicted octanol–water partition coefficient (Wildman–Crippen LogP) is 1.77. The van der Waals surface area contributed by atoms with Crippen molar-refractivity contribution in [2.45, 2.75) is 6.54 Å². The summed E-state index contributed by atoms with van der Waals surface area (Å²) >= 11 is 0. The van der Waals surface area contributed by atoms with E-state index in [1.165, 1.54) is 6.07 Å². The molecule has 6 heteroatoms. The van der Waals surface area contributed by atoms with Gasteiger partial charge in [-0.05, 0) is 18.2 Å². The molecule has 0 amide bonds. The maximum absolute atomic E-state index is 11.0. The topological polar surface area (TPSA) is 81.1 Å². The van der Waals surface area contributed by atoms with Gasteiger partial charge >= 0.3 is 5.97 Å². The number of nitrogens with zero attached hydrogens (tertiary/aromatic N) is 3. The molecular weight excluding hydrogens is 234 g/mol. The van der Waals surface area contributed by atoms with Gasteiger partial charge in [0.05, 0.1) is 0 Å². The Bertz CT molecular complexity index is 701. The fraction of sp³-hybridized carbons (Fsp3) is 0.0833. The fourth-order valence-electron chi connectivity index (χ4n) is 1.76. The summed E-state index contributed by atoms with van der Waals surface area (Å²) in [7, 11) is 0. The van der Waals surface area contributed by atoms with E-state index in [2.05, 4.69) is 10.1 Å².